The zero-order valence-corrected chi connectivity index (χ0v) is 11.9. The largest absolute Gasteiger partial charge is 0.419 e. The van der Waals surface area contributed by atoms with Crippen molar-refractivity contribution in [3.63, 3.8) is 0 Å². The summed E-state index contributed by atoms with van der Waals surface area (Å²) in [7, 11) is 0. The van der Waals surface area contributed by atoms with Crippen LogP contribution in [0.5, 0.6) is 5.75 Å². The predicted molar refractivity (Wildman–Crippen MR) is 75.3 cm³/mol. The minimum absolute atomic E-state index is 0.239. The van der Waals surface area contributed by atoms with Crippen LogP contribution in [0.2, 0.25) is 0 Å². The van der Waals surface area contributed by atoms with Crippen LogP contribution < -0.4 is 10.3 Å². The number of H-pyrrole nitrogens is 1. The summed E-state index contributed by atoms with van der Waals surface area (Å²) < 4.78 is 5.07. The lowest BCUT2D eigenvalue weighted by Crippen LogP contribution is -2.19. The molecule has 0 saturated heterocycles. The Morgan fingerprint density at radius 2 is 2.10 bits per heavy atom. The summed E-state index contributed by atoms with van der Waals surface area (Å²) in [4.78, 5) is 35.9. The van der Waals surface area contributed by atoms with E-state index in [1.54, 1.807) is 6.92 Å². The number of carbonyl (C=O) groups is 1. The normalized spacial score (nSPS) is 15.7. The Bertz CT molecular complexity index is 602. The van der Waals surface area contributed by atoms with Gasteiger partial charge in [0.2, 0.25) is 5.75 Å². The van der Waals surface area contributed by atoms with E-state index in [4.69, 9.17) is 4.74 Å². The van der Waals surface area contributed by atoms with Gasteiger partial charge in [-0.25, -0.2) is 0 Å². The molecule has 0 aromatic carbocycles. The molecular weight excluding hydrogens is 276 g/mol. The molecule has 0 radical (unpaired) electrons. The van der Waals surface area contributed by atoms with Gasteiger partial charge in [0.1, 0.15) is 0 Å². The van der Waals surface area contributed by atoms with Gasteiger partial charge < -0.3 is 9.72 Å². The zero-order valence-electron chi connectivity index (χ0n) is 11.9. The maximum Gasteiger partial charge on any atom is 0.376 e. The van der Waals surface area contributed by atoms with Crippen LogP contribution in [0.4, 0.5) is 5.69 Å². The molecule has 0 spiro atoms. The van der Waals surface area contributed by atoms with E-state index in [0.29, 0.717) is 5.69 Å². The number of carbonyl (C=O) groups excluding carboxylic acids is 1. The number of nitro groups is 1. The van der Waals surface area contributed by atoms with Crippen LogP contribution in [0.15, 0.2) is 10.9 Å². The first kappa shape index (κ1) is 15.2. The van der Waals surface area contributed by atoms with E-state index in [9.17, 15) is 19.7 Å². The van der Waals surface area contributed by atoms with Crippen molar-refractivity contribution in [2.24, 2.45) is 5.92 Å². The third-order valence-electron chi connectivity index (χ3n) is 3.69. The summed E-state index contributed by atoms with van der Waals surface area (Å²) >= 11 is 0. The number of nitrogens with zero attached hydrogens (tertiary/aromatic N) is 1. The molecule has 1 aromatic rings. The molecule has 7 heteroatoms. The highest BCUT2D eigenvalue weighted by Crippen LogP contribution is 2.28. The third-order valence-corrected chi connectivity index (χ3v) is 3.69. The molecule has 0 unspecified atom stereocenters. The van der Waals surface area contributed by atoms with Gasteiger partial charge in [0, 0.05) is 18.2 Å². The van der Waals surface area contributed by atoms with E-state index in [0.717, 1.165) is 25.7 Å². The topological polar surface area (TPSA) is 102 Å². The summed E-state index contributed by atoms with van der Waals surface area (Å²) in [5.41, 5.74) is -1.18. The fourth-order valence-corrected chi connectivity index (χ4v) is 2.69. The van der Waals surface area contributed by atoms with Gasteiger partial charge in [0.25, 0.3) is 0 Å². The molecule has 1 fully saturated rings. The van der Waals surface area contributed by atoms with Gasteiger partial charge in [-0.2, -0.15) is 0 Å². The Morgan fingerprint density at radius 3 is 2.71 bits per heavy atom. The molecule has 2 rings (SSSR count). The smallest absolute Gasteiger partial charge is 0.376 e. The number of ether oxygens (including phenoxy) is 1. The minimum atomic E-state index is -0.861. The van der Waals surface area contributed by atoms with Crippen molar-refractivity contribution in [2.45, 2.75) is 45.4 Å². The van der Waals surface area contributed by atoms with Crippen molar-refractivity contribution in [3.8, 4) is 5.75 Å². The Balaban J connectivity index is 2.13. The highest BCUT2D eigenvalue weighted by Gasteiger charge is 2.25. The van der Waals surface area contributed by atoms with E-state index in [1.807, 2.05) is 0 Å². The van der Waals surface area contributed by atoms with Crippen LogP contribution in [0.3, 0.4) is 0 Å². The molecule has 1 aliphatic rings. The summed E-state index contributed by atoms with van der Waals surface area (Å²) in [5.74, 6) is -0.523. The van der Waals surface area contributed by atoms with Crippen LogP contribution >= 0.6 is 0 Å². The van der Waals surface area contributed by atoms with Gasteiger partial charge in [-0.1, -0.05) is 19.3 Å². The first-order valence-electron chi connectivity index (χ1n) is 7.06. The standard InChI is InChI=1S/C14H18N2O5/c1-9-7-11(13(16(19)20)14(18)15-9)21-12(17)8-10-5-3-2-4-6-10/h7,10H,2-6,8H2,1H3,(H,15,18). The lowest BCUT2D eigenvalue weighted by atomic mass is 9.87. The quantitative estimate of drug-likeness (QED) is 0.522. The third kappa shape index (κ3) is 3.90. The molecule has 1 saturated carbocycles. The number of pyridine rings is 1. The van der Waals surface area contributed by atoms with Crippen LogP contribution in [-0.2, 0) is 4.79 Å². The SMILES string of the molecule is Cc1cc(OC(=O)CC2CCCCC2)c([N+](=O)[O-])c(=O)[nH]1. The van der Waals surface area contributed by atoms with E-state index >= 15 is 0 Å². The maximum atomic E-state index is 11.9. The first-order valence-corrected chi connectivity index (χ1v) is 7.06. The number of aromatic amines is 1. The number of aromatic nitrogens is 1. The van der Waals surface area contributed by atoms with Crippen molar-refractivity contribution in [3.05, 3.63) is 32.2 Å². The van der Waals surface area contributed by atoms with Crippen LogP contribution in [0.1, 0.15) is 44.2 Å². The lowest BCUT2D eigenvalue weighted by molar-refractivity contribution is -0.387. The number of aryl methyl sites for hydroxylation is 1. The average Bonchev–Trinajstić information content (AvgIpc) is 2.38. The average molecular weight is 294 g/mol. The Labute approximate surface area is 121 Å². The molecule has 0 aliphatic heterocycles. The van der Waals surface area contributed by atoms with E-state index in [-0.39, 0.29) is 18.1 Å². The molecule has 0 amide bonds. The zero-order chi connectivity index (χ0) is 15.4. The molecule has 21 heavy (non-hydrogen) atoms. The number of esters is 1. The van der Waals surface area contributed by atoms with Gasteiger partial charge in [-0.3, -0.25) is 19.7 Å². The first-order chi connectivity index (χ1) is 9.97. The summed E-state index contributed by atoms with van der Waals surface area (Å²) in [6.45, 7) is 1.57. The fourth-order valence-electron chi connectivity index (χ4n) is 2.69. The van der Waals surface area contributed by atoms with Gasteiger partial charge >= 0.3 is 17.2 Å². The second kappa shape index (κ2) is 6.51. The van der Waals surface area contributed by atoms with Crippen LogP contribution in [0, 0.1) is 23.0 Å². The fraction of sp³-hybridized carbons (Fsp3) is 0.571. The summed E-state index contributed by atoms with van der Waals surface area (Å²) in [5, 5.41) is 10.9. The molecule has 0 atom stereocenters. The monoisotopic (exact) mass is 294 g/mol. The molecule has 1 aliphatic carbocycles. The van der Waals surface area contributed by atoms with Crippen molar-refractivity contribution >= 4 is 11.7 Å². The van der Waals surface area contributed by atoms with E-state index in [2.05, 4.69) is 4.98 Å². The van der Waals surface area contributed by atoms with Crippen molar-refractivity contribution in [1.29, 1.82) is 0 Å². The predicted octanol–water partition coefficient (Wildman–Crippen LogP) is 2.47. The Kier molecular flexibility index (Phi) is 4.72. The van der Waals surface area contributed by atoms with Gasteiger partial charge in [-0.05, 0) is 25.7 Å². The molecule has 1 heterocycles. The molecular formula is C14H18N2O5. The van der Waals surface area contributed by atoms with Gasteiger partial charge in [0.05, 0.1) is 4.92 Å². The highest BCUT2D eigenvalue weighted by atomic mass is 16.6. The van der Waals surface area contributed by atoms with Gasteiger partial charge in [0.15, 0.2) is 0 Å². The summed E-state index contributed by atoms with van der Waals surface area (Å²) in [6, 6.07) is 1.30. The molecule has 114 valence electrons. The molecule has 1 aromatic heterocycles. The number of hydrogen-bond acceptors (Lipinski definition) is 5. The maximum absolute atomic E-state index is 11.9. The van der Waals surface area contributed by atoms with Crippen molar-refractivity contribution in [2.75, 3.05) is 0 Å². The van der Waals surface area contributed by atoms with Crippen molar-refractivity contribution < 1.29 is 14.5 Å². The number of hydrogen-bond donors (Lipinski definition) is 1. The molecule has 7 nitrogen and oxygen atoms in total. The second-order valence-corrected chi connectivity index (χ2v) is 5.43. The summed E-state index contributed by atoms with van der Waals surface area (Å²) in [6.07, 6.45) is 5.58. The second-order valence-electron chi connectivity index (χ2n) is 5.43. The Morgan fingerprint density at radius 1 is 1.43 bits per heavy atom. The molecule has 0 bridgehead atoms. The molecule has 1 N–H and O–H groups in total. The minimum Gasteiger partial charge on any atom is -0.419 e. The van der Waals surface area contributed by atoms with Gasteiger partial charge in [-0.15, -0.1) is 0 Å². The van der Waals surface area contributed by atoms with E-state index < -0.39 is 22.1 Å². The Hall–Kier alpha value is -2.18. The van der Waals surface area contributed by atoms with E-state index in [1.165, 1.54) is 12.5 Å². The van der Waals surface area contributed by atoms with Crippen LogP contribution in [0.25, 0.3) is 0 Å². The number of nitrogens with one attached hydrogen (secondary N) is 1. The lowest BCUT2D eigenvalue weighted by Gasteiger charge is -2.20. The highest BCUT2D eigenvalue weighted by molar-refractivity contribution is 5.74. The van der Waals surface area contributed by atoms with Crippen molar-refractivity contribution in [1.82, 2.24) is 4.98 Å². The number of rotatable bonds is 4. The van der Waals surface area contributed by atoms with Crippen LogP contribution in [-0.4, -0.2) is 15.9 Å².